The number of fused-ring (bicyclic) bond motifs is 1. The van der Waals surface area contributed by atoms with Gasteiger partial charge in [-0.25, -0.2) is 0 Å². The second-order valence-corrected chi connectivity index (χ2v) is 7.43. The minimum Gasteiger partial charge on any atom is -0.438 e. The Morgan fingerprint density at radius 3 is 2.64 bits per heavy atom. The van der Waals surface area contributed by atoms with Crippen LogP contribution in [-0.4, -0.2) is 15.3 Å². The lowest BCUT2D eigenvalue weighted by atomic mass is 10.1. The van der Waals surface area contributed by atoms with Crippen molar-refractivity contribution in [3.63, 3.8) is 0 Å². The standard InChI is InChI=1S/C26H20N4O3/c1-17-8-7-10-20(14-17)28-24(31)19(16-27)15-21-25(33-22-11-4-3-9-18(22)2)29-23-12-5-6-13-30(23)26(21)32/h3-15H,1-2H3,(H,28,31)/b19-15-. The van der Waals surface area contributed by atoms with Gasteiger partial charge in [0.05, 0.1) is 0 Å². The molecule has 33 heavy (non-hydrogen) atoms. The van der Waals surface area contributed by atoms with Gasteiger partial charge in [-0.15, -0.1) is 0 Å². The van der Waals surface area contributed by atoms with Crippen molar-refractivity contribution in [1.82, 2.24) is 9.38 Å². The molecule has 2 aromatic heterocycles. The van der Waals surface area contributed by atoms with Crippen molar-refractivity contribution in [2.45, 2.75) is 13.8 Å². The normalized spacial score (nSPS) is 11.1. The molecule has 4 aromatic rings. The summed E-state index contributed by atoms with van der Waals surface area (Å²) in [4.78, 5) is 30.5. The quantitative estimate of drug-likeness (QED) is 0.363. The van der Waals surface area contributed by atoms with Crippen LogP contribution in [0.1, 0.15) is 16.7 Å². The predicted octanol–water partition coefficient (Wildman–Crippen LogP) is 4.65. The number of aromatic nitrogens is 2. The van der Waals surface area contributed by atoms with E-state index in [1.807, 2.05) is 44.2 Å². The van der Waals surface area contributed by atoms with Gasteiger partial charge in [0.25, 0.3) is 11.5 Å². The van der Waals surface area contributed by atoms with Crippen LogP contribution < -0.4 is 15.6 Å². The Morgan fingerprint density at radius 1 is 1.09 bits per heavy atom. The van der Waals surface area contributed by atoms with Gasteiger partial charge < -0.3 is 10.1 Å². The molecule has 2 heterocycles. The van der Waals surface area contributed by atoms with Crippen LogP contribution in [0.2, 0.25) is 0 Å². The third-order valence-electron chi connectivity index (χ3n) is 4.96. The highest BCUT2D eigenvalue weighted by atomic mass is 16.5. The minimum absolute atomic E-state index is 0.00195. The number of hydrogen-bond acceptors (Lipinski definition) is 5. The molecule has 0 atom stereocenters. The van der Waals surface area contributed by atoms with Gasteiger partial charge in [0, 0.05) is 11.9 Å². The summed E-state index contributed by atoms with van der Waals surface area (Å²) in [5.41, 5.74) is 2.03. The molecule has 0 unspecified atom stereocenters. The number of anilines is 1. The number of ether oxygens (including phenoxy) is 1. The molecule has 1 N–H and O–H groups in total. The van der Waals surface area contributed by atoms with E-state index in [2.05, 4.69) is 10.3 Å². The van der Waals surface area contributed by atoms with E-state index in [0.717, 1.165) is 11.1 Å². The van der Waals surface area contributed by atoms with E-state index in [4.69, 9.17) is 4.74 Å². The van der Waals surface area contributed by atoms with Gasteiger partial charge in [0.15, 0.2) is 0 Å². The Bertz CT molecular complexity index is 1500. The van der Waals surface area contributed by atoms with Gasteiger partial charge in [-0.05, 0) is 61.4 Å². The molecule has 1 amide bonds. The Labute approximate surface area is 190 Å². The highest BCUT2D eigenvalue weighted by Crippen LogP contribution is 2.26. The van der Waals surface area contributed by atoms with Crippen LogP contribution in [0.5, 0.6) is 11.6 Å². The van der Waals surface area contributed by atoms with Crippen molar-refractivity contribution in [2.24, 2.45) is 0 Å². The van der Waals surface area contributed by atoms with E-state index in [1.165, 1.54) is 10.5 Å². The number of hydrogen-bond donors (Lipinski definition) is 1. The zero-order valence-electron chi connectivity index (χ0n) is 18.1. The number of carbonyl (C=O) groups is 1. The molecule has 0 radical (unpaired) electrons. The van der Waals surface area contributed by atoms with E-state index in [0.29, 0.717) is 17.1 Å². The van der Waals surface area contributed by atoms with Crippen molar-refractivity contribution >= 4 is 23.3 Å². The molecule has 7 heteroatoms. The molecule has 0 aliphatic rings. The zero-order chi connectivity index (χ0) is 23.4. The molecule has 0 saturated heterocycles. The highest BCUT2D eigenvalue weighted by Gasteiger charge is 2.18. The number of aryl methyl sites for hydroxylation is 2. The van der Waals surface area contributed by atoms with E-state index in [9.17, 15) is 14.9 Å². The number of carbonyl (C=O) groups excluding carboxylic acids is 1. The van der Waals surface area contributed by atoms with Crippen molar-refractivity contribution < 1.29 is 9.53 Å². The van der Waals surface area contributed by atoms with Crippen molar-refractivity contribution in [3.8, 4) is 17.7 Å². The summed E-state index contributed by atoms with van der Waals surface area (Å²) < 4.78 is 7.32. The molecule has 0 bridgehead atoms. The molecule has 7 nitrogen and oxygen atoms in total. The first kappa shape index (κ1) is 21.5. The lowest BCUT2D eigenvalue weighted by molar-refractivity contribution is -0.112. The average molecular weight is 436 g/mol. The number of para-hydroxylation sites is 1. The smallest absolute Gasteiger partial charge is 0.269 e. The molecular weight excluding hydrogens is 416 g/mol. The highest BCUT2D eigenvalue weighted by molar-refractivity contribution is 6.09. The molecule has 0 spiro atoms. The second kappa shape index (κ2) is 9.20. The summed E-state index contributed by atoms with van der Waals surface area (Å²) >= 11 is 0. The number of nitriles is 1. The topological polar surface area (TPSA) is 96.5 Å². The largest absolute Gasteiger partial charge is 0.438 e. The third-order valence-corrected chi connectivity index (χ3v) is 4.96. The van der Waals surface area contributed by atoms with E-state index in [-0.39, 0.29) is 17.0 Å². The molecule has 0 aliphatic carbocycles. The fourth-order valence-corrected chi connectivity index (χ4v) is 3.27. The van der Waals surface area contributed by atoms with E-state index < -0.39 is 11.5 Å². The first-order valence-corrected chi connectivity index (χ1v) is 10.2. The summed E-state index contributed by atoms with van der Waals surface area (Å²) in [6.45, 7) is 3.77. The summed E-state index contributed by atoms with van der Waals surface area (Å²) in [5.74, 6) is -0.110. The summed E-state index contributed by atoms with van der Waals surface area (Å²) in [6.07, 6.45) is 2.78. The van der Waals surface area contributed by atoms with Crippen LogP contribution in [0.3, 0.4) is 0 Å². The van der Waals surface area contributed by atoms with Crippen LogP contribution >= 0.6 is 0 Å². The third kappa shape index (κ3) is 4.65. The van der Waals surface area contributed by atoms with Crippen molar-refractivity contribution in [3.05, 3.63) is 106 Å². The summed E-state index contributed by atoms with van der Waals surface area (Å²) in [5, 5.41) is 12.4. The van der Waals surface area contributed by atoms with Crippen LogP contribution in [0, 0.1) is 25.2 Å². The summed E-state index contributed by atoms with van der Waals surface area (Å²) in [7, 11) is 0. The number of nitrogens with one attached hydrogen (secondary N) is 1. The maximum atomic E-state index is 13.3. The number of benzene rings is 2. The SMILES string of the molecule is Cc1cccc(NC(=O)/C(C#N)=C\c2c(Oc3ccccc3C)nc3ccccn3c2=O)c1. The minimum atomic E-state index is -0.637. The first-order valence-electron chi connectivity index (χ1n) is 10.2. The number of rotatable bonds is 5. The van der Waals surface area contributed by atoms with Crippen LogP contribution in [0.4, 0.5) is 5.69 Å². The Morgan fingerprint density at radius 2 is 1.88 bits per heavy atom. The predicted molar refractivity (Wildman–Crippen MR) is 126 cm³/mol. The van der Waals surface area contributed by atoms with Gasteiger partial charge in [-0.3, -0.25) is 14.0 Å². The number of nitrogens with zero attached hydrogens (tertiary/aromatic N) is 3. The molecule has 4 rings (SSSR count). The lowest BCUT2D eigenvalue weighted by Crippen LogP contribution is -2.20. The monoisotopic (exact) mass is 436 g/mol. The van der Waals surface area contributed by atoms with Gasteiger partial charge >= 0.3 is 0 Å². The average Bonchev–Trinajstić information content (AvgIpc) is 2.80. The molecule has 0 aliphatic heterocycles. The molecule has 0 saturated carbocycles. The van der Waals surface area contributed by atoms with E-state index >= 15 is 0 Å². The van der Waals surface area contributed by atoms with Crippen molar-refractivity contribution in [2.75, 3.05) is 5.32 Å². The first-order chi connectivity index (χ1) is 16.0. The summed E-state index contributed by atoms with van der Waals surface area (Å²) in [6, 6.07) is 21.5. The Hall–Kier alpha value is -4.70. The van der Waals surface area contributed by atoms with Crippen molar-refractivity contribution in [1.29, 1.82) is 5.26 Å². The van der Waals surface area contributed by atoms with Gasteiger partial charge in [0.2, 0.25) is 5.88 Å². The second-order valence-electron chi connectivity index (χ2n) is 7.43. The molecule has 162 valence electrons. The van der Waals surface area contributed by atoms with Gasteiger partial charge in [-0.1, -0.05) is 36.4 Å². The lowest BCUT2D eigenvalue weighted by Gasteiger charge is -2.12. The maximum absolute atomic E-state index is 13.3. The molecule has 2 aromatic carbocycles. The maximum Gasteiger partial charge on any atom is 0.269 e. The van der Waals surface area contributed by atoms with E-state index in [1.54, 1.807) is 48.7 Å². The fraction of sp³-hybridized carbons (Fsp3) is 0.0769. The van der Waals surface area contributed by atoms with Crippen LogP contribution in [0.15, 0.2) is 83.3 Å². The number of pyridine rings is 1. The Kier molecular flexibility index (Phi) is 6.00. The number of amides is 1. The van der Waals surface area contributed by atoms with Gasteiger partial charge in [0.1, 0.15) is 28.6 Å². The van der Waals surface area contributed by atoms with Crippen LogP contribution in [-0.2, 0) is 4.79 Å². The molecule has 0 fully saturated rings. The fourth-order valence-electron chi connectivity index (χ4n) is 3.27. The van der Waals surface area contributed by atoms with Gasteiger partial charge in [-0.2, -0.15) is 10.2 Å². The Balaban J connectivity index is 1.82. The molecular formula is C26H20N4O3. The zero-order valence-corrected chi connectivity index (χ0v) is 18.1. The van der Waals surface area contributed by atoms with Crippen LogP contribution in [0.25, 0.3) is 11.7 Å².